The fourth-order valence-electron chi connectivity index (χ4n) is 6.36. The number of phosphoric ester groups is 1. The zero-order valence-corrected chi connectivity index (χ0v) is 36.4. The summed E-state index contributed by atoms with van der Waals surface area (Å²) in [5.74, 6) is -0.475. The average Bonchev–Trinajstić information content (AvgIpc) is 3.61. The summed E-state index contributed by atoms with van der Waals surface area (Å²) in [6, 6.07) is 1.26. The Morgan fingerprint density at radius 3 is 2.20 bits per heavy atom. The van der Waals surface area contributed by atoms with Crippen molar-refractivity contribution in [1.82, 2.24) is 19.1 Å². The number of hydrogen-bond donors (Lipinski definition) is 2. The summed E-state index contributed by atoms with van der Waals surface area (Å²) in [5.41, 5.74) is -1.92. The zero-order chi connectivity index (χ0) is 40.0. The summed E-state index contributed by atoms with van der Waals surface area (Å²) in [6.07, 6.45) is 0.256. The Hall–Kier alpha value is -2.26. The summed E-state index contributed by atoms with van der Waals surface area (Å²) >= 11 is 0. The Balaban J connectivity index is 1.45. The molecule has 5 rings (SSSR count). The fourth-order valence-corrected chi connectivity index (χ4v) is 10.2. The molecule has 3 aliphatic heterocycles. The number of H-pyrrole nitrogens is 2. The lowest BCUT2D eigenvalue weighted by Gasteiger charge is -2.39. The van der Waals surface area contributed by atoms with E-state index >= 15 is 0 Å². The van der Waals surface area contributed by atoms with Gasteiger partial charge in [0.2, 0.25) is 0 Å². The molecule has 0 aromatic carbocycles. The van der Waals surface area contributed by atoms with Crippen LogP contribution >= 0.6 is 7.82 Å². The highest BCUT2D eigenvalue weighted by Crippen LogP contribution is 2.56. The summed E-state index contributed by atoms with van der Waals surface area (Å²) < 4.78 is 62.2. The number of phosphoric acid groups is 1. The second-order valence-electron chi connectivity index (χ2n) is 17.7. The highest BCUT2D eigenvalue weighted by molar-refractivity contribution is 7.48. The summed E-state index contributed by atoms with van der Waals surface area (Å²) in [7, 11) is -9.02. The van der Waals surface area contributed by atoms with Crippen LogP contribution in [-0.4, -0.2) is 80.0 Å². The van der Waals surface area contributed by atoms with Crippen LogP contribution in [0.25, 0.3) is 0 Å². The van der Waals surface area contributed by atoms with E-state index in [9.17, 15) is 23.7 Å². The van der Waals surface area contributed by atoms with E-state index < -0.39 is 89.7 Å². The van der Waals surface area contributed by atoms with Gasteiger partial charge in [-0.05, 0) is 56.0 Å². The molecule has 8 atom stereocenters. The maximum atomic E-state index is 14.7. The number of aryl methyl sites for hydroxylation is 1. The molecule has 19 heteroatoms. The Morgan fingerprint density at radius 1 is 0.889 bits per heavy atom. The molecule has 0 saturated carbocycles. The third-order valence-corrected chi connectivity index (χ3v) is 22.2. The Kier molecular flexibility index (Phi) is 12.7. The van der Waals surface area contributed by atoms with Gasteiger partial charge < -0.3 is 18.3 Å². The van der Waals surface area contributed by atoms with Gasteiger partial charge in [0.1, 0.15) is 30.8 Å². The molecular formula is C35H59N4O12PSi2. The van der Waals surface area contributed by atoms with Crippen molar-refractivity contribution in [3.05, 3.63) is 65.7 Å². The van der Waals surface area contributed by atoms with Crippen molar-refractivity contribution in [2.45, 2.75) is 147 Å². The molecule has 3 saturated heterocycles. The summed E-state index contributed by atoms with van der Waals surface area (Å²) in [4.78, 5) is 54.6. The fraction of sp³-hybridized carbons (Fsp3) is 0.771. The predicted molar refractivity (Wildman–Crippen MR) is 207 cm³/mol. The van der Waals surface area contributed by atoms with Crippen LogP contribution in [0, 0.1) is 12.8 Å². The van der Waals surface area contributed by atoms with E-state index in [0.717, 1.165) is 0 Å². The largest absolute Gasteiger partial charge is 0.475 e. The van der Waals surface area contributed by atoms with Crippen molar-refractivity contribution in [1.29, 1.82) is 0 Å². The van der Waals surface area contributed by atoms with Crippen LogP contribution in [0.3, 0.4) is 0 Å². The van der Waals surface area contributed by atoms with E-state index in [2.05, 4.69) is 77.7 Å². The van der Waals surface area contributed by atoms with E-state index in [-0.39, 0.29) is 36.3 Å². The molecule has 16 nitrogen and oxygen atoms in total. The molecule has 0 amide bonds. The topological polar surface area (TPSA) is 191 Å². The smallest absolute Gasteiger partial charge is 0.414 e. The van der Waals surface area contributed by atoms with Crippen LogP contribution in [-0.2, 0) is 36.5 Å². The van der Waals surface area contributed by atoms with Crippen molar-refractivity contribution in [3.63, 3.8) is 0 Å². The van der Waals surface area contributed by atoms with Gasteiger partial charge in [0, 0.05) is 36.4 Å². The molecule has 5 heterocycles. The van der Waals surface area contributed by atoms with Crippen LogP contribution in [0.5, 0.6) is 0 Å². The number of fused-ring (bicyclic) bond motifs is 1. The number of nitrogens with one attached hydrogen (secondary N) is 2. The van der Waals surface area contributed by atoms with Crippen molar-refractivity contribution in [2.24, 2.45) is 5.92 Å². The van der Waals surface area contributed by atoms with Crippen LogP contribution < -0.4 is 22.5 Å². The maximum Gasteiger partial charge on any atom is 0.475 e. The zero-order valence-electron chi connectivity index (χ0n) is 33.5. The first-order valence-electron chi connectivity index (χ1n) is 18.8. The first-order valence-corrected chi connectivity index (χ1v) is 26.0. The SMILES string of the molecule is Cc1cn([C@H]2C[C@H](O[Si](C)(C)C(C)(C)C)[C@@H](COP3(=O)OCCCC[C@@H]4[C@H](O3)[C@@H](CO[Si](C)(C)C(C)(C)C)O[C@H]4n3ccc(=O)[nH]c3=O)O2)c(=O)[nH]c1=O. The molecule has 3 aliphatic rings. The van der Waals surface area contributed by atoms with Crippen LogP contribution in [0.4, 0.5) is 0 Å². The standard InChI is InChI=1S/C35H59N4O12PSi2/c1-22-19-39(33(43)37-30(22)41)28-18-24(51-54(10,11)35(5,6)7)25(48-28)20-46-52(44)45-17-13-12-14-23-29(50-52)26(21-47-53(8,9)34(2,3)4)49-31(23)38-16-15-27(40)36-32(38)42/h15-16,19,23-26,28-29,31H,12-14,17-18,20-21H2,1-11H3,(H,36,40,42)(H,37,41,43)/t23-,24+,25-,26-,28-,29+,31-,52?/m1/s1. The molecule has 0 spiro atoms. The van der Waals surface area contributed by atoms with Gasteiger partial charge in [0.15, 0.2) is 16.6 Å². The lowest BCUT2D eigenvalue weighted by atomic mass is 9.93. The Morgan fingerprint density at radius 2 is 1.56 bits per heavy atom. The molecule has 304 valence electrons. The van der Waals surface area contributed by atoms with Crippen molar-refractivity contribution in [2.75, 3.05) is 19.8 Å². The lowest BCUT2D eigenvalue weighted by Crippen LogP contribution is -2.46. The van der Waals surface area contributed by atoms with Gasteiger partial charge in [0.25, 0.3) is 11.1 Å². The third-order valence-electron chi connectivity index (χ3n) is 11.7. The molecular weight excluding hydrogens is 756 g/mol. The third kappa shape index (κ3) is 9.47. The Bertz CT molecular complexity index is 1930. The van der Waals surface area contributed by atoms with E-state index in [1.165, 1.54) is 27.6 Å². The quantitative estimate of drug-likeness (QED) is 0.232. The number of hydrogen-bond acceptors (Lipinski definition) is 12. The van der Waals surface area contributed by atoms with Gasteiger partial charge in [0.05, 0.1) is 25.9 Å². The van der Waals surface area contributed by atoms with Crippen LogP contribution in [0.1, 0.15) is 85.2 Å². The monoisotopic (exact) mass is 814 g/mol. The molecule has 1 unspecified atom stereocenters. The van der Waals surface area contributed by atoms with Gasteiger partial charge in [-0.3, -0.25) is 42.3 Å². The van der Waals surface area contributed by atoms with Crippen molar-refractivity contribution < 1.29 is 36.5 Å². The molecule has 2 aromatic heterocycles. The van der Waals surface area contributed by atoms with Crippen molar-refractivity contribution >= 4 is 24.5 Å². The molecule has 0 aliphatic carbocycles. The first kappa shape index (κ1) is 42.9. The summed E-state index contributed by atoms with van der Waals surface area (Å²) in [5, 5.41) is -0.260. The number of ether oxygens (including phenoxy) is 2. The minimum absolute atomic E-state index is 0.0933. The van der Waals surface area contributed by atoms with E-state index in [4.69, 9.17) is 31.9 Å². The van der Waals surface area contributed by atoms with E-state index in [1.807, 2.05) is 0 Å². The molecule has 3 fully saturated rings. The summed E-state index contributed by atoms with van der Waals surface area (Å²) in [6.45, 7) is 22.7. The van der Waals surface area contributed by atoms with E-state index in [0.29, 0.717) is 24.8 Å². The minimum Gasteiger partial charge on any atom is -0.414 e. The van der Waals surface area contributed by atoms with Crippen LogP contribution in [0.2, 0.25) is 36.3 Å². The number of nitrogens with zero attached hydrogens (tertiary/aromatic N) is 2. The number of aromatic amines is 2. The normalized spacial score (nSPS) is 30.1. The minimum atomic E-state index is -4.34. The average molecular weight is 815 g/mol. The van der Waals surface area contributed by atoms with Gasteiger partial charge in [-0.25, -0.2) is 14.2 Å². The molecule has 0 radical (unpaired) electrons. The first-order chi connectivity index (χ1) is 24.9. The number of rotatable bonds is 10. The van der Waals surface area contributed by atoms with E-state index in [1.54, 1.807) is 6.92 Å². The Labute approximate surface area is 318 Å². The molecule has 54 heavy (non-hydrogen) atoms. The maximum absolute atomic E-state index is 14.7. The second kappa shape index (κ2) is 15.9. The molecule has 2 N–H and O–H groups in total. The molecule has 0 bridgehead atoms. The van der Waals surface area contributed by atoms with Gasteiger partial charge in [-0.1, -0.05) is 48.0 Å². The lowest BCUT2D eigenvalue weighted by molar-refractivity contribution is -0.0582. The highest BCUT2D eigenvalue weighted by atomic mass is 31.2. The van der Waals surface area contributed by atoms with Crippen molar-refractivity contribution in [3.8, 4) is 0 Å². The van der Waals surface area contributed by atoms with Gasteiger partial charge in [-0.15, -0.1) is 0 Å². The highest BCUT2D eigenvalue weighted by Gasteiger charge is 2.52. The number of aromatic nitrogens is 4. The van der Waals surface area contributed by atoms with Gasteiger partial charge in [-0.2, -0.15) is 0 Å². The van der Waals surface area contributed by atoms with Gasteiger partial charge >= 0.3 is 19.2 Å². The second-order valence-corrected chi connectivity index (χ2v) is 28.9. The molecule has 2 aromatic rings. The van der Waals surface area contributed by atoms with Crippen LogP contribution in [0.15, 0.2) is 37.6 Å². The predicted octanol–water partition coefficient (Wildman–Crippen LogP) is 5.32.